The van der Waals surface area contributed by atoms with Crippen molar-refractivity contribution in [3.05, 3.63) is 109 Å². The molecule has 0 N–H and O–H groups in total. The zero-order valence-corrected chi connectivity index (χ0v) is 44.1. The predicted octanol–water partition coefficient (Wildman–Crippen LogP) is 18.7. The molecule has 68 heavy (non-hydrogen) atoms. The third-order valence-electron chi connectivity index (χ3n) is 11.5. The number of hydrogen-bond acceptors (Lipinski definition) is 6. The normalized spacial score (nSPS) is 12.9. The Balaban J connectivity index is 4.35. The van der Waals surface area contributed by atoms with E-state index in [0.29, 0.717) is 19.3 Å². The second-order valence-corrected chi connectivity index (χ2v) is 18.1. The maximum Gasteiger partial charge on any atom is 0.306 e. The van der Waals surface area contributed by atoms with Crippen LogP contribution in [0.5, 0.6) is 0 Å². The molecule has 0 aliphatic heterocycles. The summed E-state index contributed by atoms with van der Waals surface area (Å²) >= 11 is 0. The van der Waals surface area contributed by atoms with Crippen LogP contribution < -0.4 is 0 Å². The van der Waals surface area contributed by atoms with Crippen molar-refractivity contribution < 1.29 is 28.6 Å². The van der Waals surface area contributed by atoms with Crippen molar-refractivity contribution in [2.24, 2.45) is 0 Å². The van der Waals surface area contributed by atoms with E-state index in [4.69, 9.17) is 14.2 Å². The molecule has 0 spiro atoms. The fourth-order valence-corrected chi connectivity index (χ4v) is 7.33. The van der Waals surface area contributed by atoms with Crippen LogP contribution in [0, 0.1) is 0 Å². The smallest absolute Gasteiger partial charge is 0.306 e. The highest BCUT2D eigenvalue weighted by Crippen LogP contribution is 2.14. The Bertz CT molecular complexity index is 1410. The number of hydrogen-bond donors (Lipinski definition) is 0. The maximum atomic E-state index is 12.8. The first-order valence-corrected chi connectivity index (χ1v) is 27.9. The van der Waals surface area contributed by atoms with E-state index in [1.165, 1.54) is 83.5 Å². The Labute approximate surface area is 419 Å². The van der Waals surface area contributed by atoms with Crippen molar-refractivity contribution in [2.75, 3.05) is 13.2 Å². The molecule has 0 amide bonds. The Kier molecular flexibility index (Phi) is 52.4. The molecule has 0 aliphatic carbocycles. The average molecular weight is 943 g/mol. The molecule has 0 saturated heterocycles. The molecule has 0 radical (unpaired) electrons. The molecule has 0 heterocycles. The fourth-order valence-electron chi connectivity index (χ4n) is 7.33. The van der Waals surface area contributed by atoms with Crippen LogP contribution >= 0.6 is 0 Å². The van der Waals surface area contributed by atoms with Crippen LogP contribution in [0.4, 0.5) is 0 Å². The zero-order chi connectivity index (χ0) is 49.3. The van der Waals surface area contributed by atoms with Crippen LogP contribution in [0.3, 0.4) is 0 Å². The summed E-state index contributed by atoms with van der Waals surface area (Å²) in [5.74, 6) is -0.941. The van der Waals surface area contributed by atoms with Crippen molar-refractivity contribution in [1.82, 2.24) is 0 Å². The first-order valence-electron chi connectivity index (χ1n) is 27.9. The highest BCUT2D eigenvalue weighted by Gasteiger charge is 2.19. The van der Waals surface area contributed by atoms with Gasteiger partial charge in [-0.3, -0.25) is 14.4 Å². The molecule has 0 aromatic rings. The van der Waals surface area contributed by atoms with E-state index in [-0.39, 0.29) is 31.1 Å². The van der Waals surface area contributed by atoms with E-state index >= 15 is 0 Å². The van der Waals surface area contributed by atoms with E-state index in [0.717, 1.165) is 122 Å². The average Bonchev–Trinajstić information content (AvgIpc) is 3.34. The minimum atomic E-state index is -0.795. The van der Waals surface area contributed by atoms with Gasteiger partial charge >= 0.3 is 17.9 Å². The molecule has 6 heteroatoms. The number of unbranched alkanes of at least 4 members (excludes halogenated alkanes) is 20. The second kappa shape index (κ2) is 55.7. The Hall–Kier alpha value is -3.93. The number of esters is 3. The van der Waals surface area contributed by atoms with Crippen LogP contribution in [0.1, 0.15) is 245 Å². The van der Waals surface area contributed by atoms with Crippen LogP contribution in [-0.4, -0.2) is 37.2 Å². The molecule has 0 bridgehead atoms. The Morgan fingerprint density at radius 3 is 0.941 bits per heavy atom. The van der Waals surface area contributed by atoms with Gasteiger partial charge in [0, 0.05) is 19.3 Å². The number of allylic oxidation sites excluding steroid dienone is 18. The monoisotopic (exact) mass is 943 g/mol. The van der Waals surface area contributed by atoms with Gasteiger partial charge in [-0.25, -0.2) is 0 Å². The van der Waals surface area contributed by atoms with Crippen molar-refractivity contribution in [1.29, 1.82) is 0 Å². The lowest BCUT2D eigenvalue weighted by Crippen LogP contribution is -2.30. The lowest BCUT2D eigenvalue weighted by atomic mass is 10.1. The van der Waals surface area contributed by atoms with E-state index in [1.807, 2.05) is 0 Å². The maximum absolute atomic E-state index is 12.8. The molecule has 0 aromatic carbocycles. The molecule has 0 aliphatic rings. The van der Waals surface area contributed by atoms with E-state index < -0.39 is 6.10 Å². The first kappa shape index (κ1) is 64.1. The quantitative estimate of drug-likeness (QED) is 0.0262. The second-order valence-electron chi connectivity index (χ2n) is 18.1. The van der Waals surface area contributed by atoms with Crippen LogP contribution in [0.25, 0.3) is 0 Å². The predicted molar refractivity (Wildman–Crippen MR) is 293 cm³/mol. The van der Waals surface area contributed by atoms with Crippen LogP contribution in [0.2, 0.25) is 0 Å². The Morgan fingerprint density at radius 2 is 0.574 bits per heavy atom. The van der Waals surface area contributed by atoms with Gasteiger partial charge in [-0.2, -0.15) is 0 Å². The summed E-state index contributed by atoms with van der Waals surface area (Å²) in [4.78, 5) is 38.0. The van der Waals surface area contributed by atoms with Gasteiger partial charge in [-0.1, -0.05) is 226 Å². The molecule has 0 aromatic heterocycles. The highest BCUT2D eigenvalue weighted by molar-refractivity contribution is 5.71. The van der Waals surface area contributed by atoms with Crippen molar-refractivity contribution in [3.8, 4) is 0 Å². The number of carbonyl (C=O) groups is 3. The minimum Gasteiger partial charge on any atom is -0.462 e. The minimum absolute atomic E-state index is 0.0925. The van der Waals surface area contributed by atoms with Gasteiger partial charge < -0.3 is 14.2 Å². The fraction of sp³-hybridized carbons (Fsp3) is 0.661. The summed E-state index contributed by atoms with van der Waals surface area (Å²) in [5.41, 5.74) is 0. The molecule has 1 unspecified atom stereocenters. The third kappa shape index (κ3) is 53.0. The van der Waals surface area contributed by atoms with Crippen molar-refractivity contribution >= 4 is 17.9 Å². The van der Waals surface area contributed by atoms with Gasteiger partial charge in [-0.05, 0) is 109 Å². The first-order chi connectivity index (χ1) is 33.5. The molecular weight excluding hydrogens is 841 g/mol. The van der Waals surface area contributed by atoms with E-state index in [1.54, 1.807) is 0 Å². The summed E-state index contributed by atoms with van der Waals surface area (Å²) in [5, 5.41) is 0. The topological polar surface area (TPSA) is 78.9 Å². The number of ether oxygens (including phenoxy) is 3. The third-order valence-corrected chi connectivity index (χ3v) is 11.5. The van der Waals surface area contributed by atoms with Crippen molar-refractivity contribution in [2.45, 2.75) is 252 Å². The summed E-state index contributed by atoms with van der Waals surface area (Å²) in [6.07, 6.45) is 75.1. The molecule has 1 atom stereocenters. The summed E-state index contributed by atoms with van der Waals surface area (Å²) < 4.78 is 16.8. The van der Waals surface area contributed by atoms with Crippen molar-refractivity contribution in [3.63, 3.8) is 0 Å². The van der Waals surface area contributed by atoms with Crippen LogP contribution in [-0.2, 0) is 28.6 Å². The largest absolute Gasteiger partial charge is 0.462 e. The van der Waals surface area contributed by atoms with Gasteiger partial charge in [0.25, 0.3) is 0 Å². The lowest BCUT2D eigenvalue weighted by molar-refractivity contribution is -0.167. The van der Waals surface area contributed by atoms with E-state index in [2.05, 4.69) is 130 Å². The van der Waals surface area contributed by atoms with Gasteiger partial charge in [-0.15, -0.1) is 0 Å². The Morgan fingerprint density at radius 1 is 0.309 bits per heavy atom. The molecule has 6 nitrogen and oxygen atoms in total. The molecule has 0 saturated carbocycles. The van der Waals surface area contributed by atoms with Gasteiger partial charge in [0.2, 0.25) is 0 Å². The van der Waals surface area contributed by atoms with Crippen LogP contribution in [0.15, 0.2) is 109 Å². The van der Waals surface area contributed by atoms with Gasteiger partial charge in [0.1, 0.15) is 13.2 Å². The lowest BCUT2D eigenvalue weighted by Gasteiger charge is -2.18. The molecule has 0 fully saturated rings. The zero-order valence-electron chi connectivity index (χ0n) is 44.1. The summed E-state index contributed by atoms with van der Waals surface area (Å²) in [6, 6.07) is 0. The molecular formula is C62H102O6. The molecule has 386 valence electrons. The van der Waals surface area contributed by atoms with Gasteiger partial charge in [0.15, 0.2) is 6.10 Å². The van der Waals surface area contributed by atoms with E-state index in [9.17, 15) is 14.4 Å². The molecule has 0 rings (SSSR count). The highest BCUT2D eigenvalue weighted by atomic mass is 16.6. The summed E-state index contributed by atoms with van der Waals surface area (Å²) in [7, 11) is 0. The number of rotatable bonds is 49. The summed E-state index contributed by atoms with van der Waals surface area (Å²) in [6.45, 7) is 6.43. The standard InChI is InChI=1S/C62H102O6/c1-4-7-10-13-16-19-21-23-25-27-28-29-30-31-32-33-34-36-37-39-41-43-46-49-52-55-61(64)67-58-59(57-66-60(63)54-51-48-45-18-15-12-9-6-3)68-62(65)56-53-50-47-44-42-40-38-35-26-24-22-20-17-14-11-8-5-2/h7,10,16-17,19-20,23-26,28-29,31-32,34,36,39,41,59H,4-6,8-9,11-15,18,21-22,27,30,33,35,37-38,40,42-58H2,1-3H3/b10-7-,19-16-,20-17-,25-23-,26-24-,29-28-,32-31-,36-34-,41-39-. The number of carbonyl (C=O) groups excluding carboxylic acids is 3. The SMILES string of the molecule is CC/C=C\C/C=C\C/C=C\C/C=C\C/C=C\C/C=C\C/C=C\CCCCCC(=O)OCC(COC(=O)CCCCCCCCCC)OC(=O)CCCCCCCCC/C=C\C/C=C\CCCCC. The van der Waals surface area contributed by atoms with Gasteiger partial charge in [0.05, 0.1) is 0 Å².